The monoisotopic (exact) mass is 318 g/mol. The largest absolute Gasteiger partial charge is 0.355 e. The minimum Gasteiger partial charge on any atom is -0.355 e. The van der Waals surface area contributed by atoms with Crippen LogP contribution in [0.25, 0.3) is 5.65 Å². The average molecular weight is 319 g/mol. The predicted molar refractivity (Wildman–Crippen MR) is 77.0 cm³/mol. The van der Waals surface area contributed by atoms with Gasteiger partial charge in [-0.2, -0.15) is 0 Å². The molecule has 0 saturated carbocycles. The maximum absolute atomic E-state index is 11.7. The number of carbonyl (C=O) groups excluding carboxylic acids is 1. The van der Waals surface area contributed by atoms with E-state index >= 15 is 0 Å². The lowest BCUT2D eigenvalue weighted by Gasteiger charge is -2.09. The fourth-order valence-electron chi connectivity index (χ4n) is 1.51. The molecule has 19 heavy (non-hydrogen) atoms. The molecule has 2 rings (SSSR count). The number of pyridine rings is 1. The summed E-state index contributed by atoms with van der Waals surface area (Å²) in [5.74, 6) is -0.0441. The van der Waals surface area contributed by atoms with Gasteiger partial charge in [0.15, 0.2) is 10.8 Å². The average Bonchev–Trinajstić information content (AvgIpc) is 2.73. The molecular formula is C11H12Cl2N4OS. The lowest BCUT2D eigenvalue weighted by Crippen LogP contribution is -2.30. The zero-order valence-corrected chi connectivity index (χ0v) is 12.7. The molecular weight excluding hydrogens is 307 g/mol. The van der Waals surface area contributed by atoms with Gasteiger partial charge in [-0.3, -0.25) is 9.20 Å². The summed E-state index contributed by atoms with van der Waals surface area (Å²) in [7, 11) is 0. The van der Waals surface area contributed by atoms with Crippen LogP contribution in [0.15, 0.2) is 17.4 Å². The van der Waals surface area contributed by atoms with Crippen molar-refractivity contribution >= 4 is 46.5 Å². The van der Waals surface area contributed by atoms with Gasteiger partial charge in [0.25, 0.3) is 0 Å². The van der Waals surface area contributed by atoms with Crippen LogP contribution in [0.3, 0.4) is 0 Å². The molecule has 2 aromatic rings. The van der Waals surface area contributed by atoms with Crippen molar-refractivity contribution in [2.45, 2.75) is 24.3 Å². The van der Waals surface area contributed by atoms with Gasteiger partial charge in [0, 0.05) is 12.7 Å². The zero-order chi connectivity index (χ0) is 14.0. The van der Waals surface area contributed by atoms with E-state index < -0.39 is 0 Å². The highest BCUT2D eigenvalue weighted by Gasteiger charge is 2.18. The number of aromatic nitrogens is 3. The Bertz CT molecular complexity index is 616. The topological polar surface area (TPSA) is 59.3 Å². The molecule has 8 heteroatoms. The lowest BCUT2D eigenvalue weighted by molar-refractivity contribution is -0.120. The summed E-state index contributed by atoms with van der Waals surface area (Å²) in [6.07, 6.45) is 1.68. The van der Waals surface area contributed by atoms with Crippen molar-refractivity contribution in [1.82, 2.24) is 19.9 Å². The Kier molecular flexibility index (Phi) is 4.54. The SMILES string of the molecule is CCNC(=O)[C@@H](C)Sc1nnc2c(Cl)cc(Cl)cn12. The summed E-state index contributed by atoms with van der Waals surface area (Å²) in [5.41, 5.74) is 0.525. The number of carbonyl (C=O) groups is 1. The van der Waals surface area contributed by atoms with Crippen LogP contribution in [-0.4, -0.2) is 32.3 Å². The van der Waals surface area contributed by atoms with Crippen molar-refractivity contribution in [3.63, 3.8) is 0 Å². The number of nitrogens with one attached hydrogen (secondary N) is 1. The molecule has 5 nitrogen and oxygen atoms in total. The highest BCUT2D eigenvalue weighted by atomic mass is 35.5. The molecule has 102 valence electrons. The number of hydrogen-bond acceptors (Lipinski definition) is 4. The minimum absolute atomic E-state index is 0.0441. The van der Waals surface area contributed by atoms with E-state index in [1.165, 1.54) is 11.8 Å². The number of amides is 1. The van der Waals surface area contributed by atoms with E-state index in [-0.39, 0.29) is 11.2 Å². The third-order valence-corrected chi connectivity index (χ3v) is 3.94. The van der Waals surface area contributed by atoms with Crippen LogP contribution in [0.1, 0.15) is 13.8 Å². The Hall–Kier alpha value is -0.980. The van der Waals surface area contributed by atoms with Crippen LogP contribution >= 0.6 is 35.0 Å². The van der Waals surface area contributed by atoms with Crippen LogP contribution in [0.2, 0.25) is 10.0 Å². The van der Waals surface area contributed by atoms with Crippen molar-refractivity contribution in [2.75, 3.05) is 6.54 Å². The van der Waals surface area contributed by atoms with E-state index in [9.17, 15) is 4.79 Å². The summed E-state index contributed by atoms with van der Waals surface area (Å²) < 4.78 is 1.69. The molecule has 0 spiro atoms. The van der Waals surface area contributed by atoms with E-state index in [0.717, 1.165) is 0 Å². The number of halogens is 2. The Morgan fingerprint density at radius 1 is 1.53 bits per heavy atom. The molecule has 2 heterocycles. The standard InChI is InChI=1S/C11H12Cl2N4OS/c1-3-14-10(18)6(2)19-11-16-15-9-8(13)4-7(12)5-17(9)11/h4-6H,3H2,1-2H3,(H,14,18)/t6-/m1/s1. The fourth-order valence-corrected chi connectivity index (χ4v) is 2.87. The normalized spacial score (nSPS) is 12.6. The number of fused-ring (bicyclic) bond motifs is 1. The van der Waals surface area contributed by atoms with E-state index in [0.29, 0.717) is 27.4 Å². The van der Waals surface area contributed by atoms with Crippen LogP contribution in [0.4, 0.5) is 0 Å². The summed E-state index contributed by atoms with van der Waals surface area (Å²) in [6.45, 7) is 4.28. The molecule has 0 unspecified atom stereocenters. The number of rotatable bonds is 4. The smallest absolute Gasteiger partial charge is 0.233 e. The van der Waals surface area contributed by atoms with Gasteiger partial charge in [0.1, 0.15) is 0 Å². The molecule has 1 atom stereocenters. The second-order valence-corrected chi connectivity index (χ2v) is 5.99. The van der Waals surface area contributed by atoms with Gasteiger partial charge in [0.2, 0.25) is 5.91 Å². The minimum atomic E-state index is -0.273. The Labute approximate surface area is 124 Å². The van der Waals surface area contributed by atoms with E-state index in [1.54, 1.807) is 16.7 Å². The molecule has 0 aliphatic heterocycles. The van der Waals surface area contributed by atoms with Gasteiger partial charge in [-0.1, -0.05) is 35.0 Å². The quantitative estimate of drug-likeness (QED) is 0.880. The predicted octanol–water partition coefficient (Wildman–Crippen LogP) is 2.65. The van der Waals surface area contributed by atoms with E-state index in [4.69, 9.17) is 23.2 Å². The number of thioether (sulfide) groups is 1. The molecule has 0 fully saturated rings. The van der Waals surface area contributed by atoms with Crippen molar-refractivity contribution in [3.8, 4) is 0 Å². The van der Waals surface area contributed by atoms with Crippen LogP contribution < -0.4 is 5.32 Å². The molecule has 2 aromatic heterocycles. The fraction of sp³-hybridized carbons (Fsp3) is 0.364. The van der Waals surface area contributed by atoms with E-state index in [2.05, 4.69) is 15.5 Å². The first-order chi connectivity index (χ1) is 9.02. The summed E-state index contributed by atoms with van der Waals surface area (Å²) in [6, 6.07) is 1.61. The van der Waals surface area contributed by atoms with Gasteiger partial charge in [-0.15, -0.1) is 10.2 Å². The second-order valence-electron chi connectivity index (χ2n) is 3.84. The van der Waals surface area contributed by atoms with Crippen LogP contribution in [0, 0.1) is 0 Å². The van der Waals surface area contributed by atoms with Gasteiger partial charge in [0.05, 0.1) is 15.3 Å². The molecule has 1 amide bonds. The van der Waals surface area contributed by atoms with Gasteiger partial charge in [-0.25, -0.2) is 0 Å². The Morgan fingerprint density at radius 2 is 2.26 bits per heavy atom. The molecule has 0 aliphatic rings. The first-order valence-corrected chi connectivity index (χ1v) is 7.30. The first-order valence-electron chi connectivity index (χ1n) is 5.67. The molecule has 1 N–H and O–H groups in total. The van der Waals surface area contributed by atoms with Gasteiger partial charge >= 0.3 is 0 Å². The van der Waals surface area contributed by atoms with Crippen LogP contribution in [0.5, 0.6) is 0 Å². The van der Waals surface area contributed by atoms with Gasteiger partial charge < -0.3 is 5.32 Å². The Morgan fingerprint density at radius 3 is 2.95 bits per heavy atom. The first kappa shape index (κ1) is 14.4. The molecule has 0 aromatic carbocycles. The maximum Gasteiger partial charge on any atom is 0.233 e. The van der Waals surface area contributed by atoms with Crippen molar-refractivity contribution in [3.05, 3.63) is 22.3 Å². The molecule has 0 bridgehead atoms. The maximum atomic E-state index is 11.7. The third-order valence-electron chi connectivity index (χ3n) is 2.40. The molecule has 0 saturated heterocycles. The van der Waals surface area contributed by atoms with Gasteiger partial charge in [-0.05, 0) is 19.9 Å². The third kappa shape index (κ3) is 3.13. The van der Waals surface area contributed by atoms with Crippen molar-refractivity contribution in [1.29, 1.82) is 0 Å². The summed E-state index contributed by atoms with van der Waals surface area (Å²) in [5, 5.41) is 12.0. The summed E-state index contributed by atoms with van der Waals surface area (Å²) >= 11 is 13.3. The Balaban J connectivity index is 2.29. The van der Waals surface area contributed by atoms with E-state index in [1.807, 2.05) is 13.8 Å². The lowest BCUT2D eigenvalue weighted by atomic mass is 10.4. The second kappa shape index (κ2) is 5.98. The molecule has 0 radical (unpaired) electrons. The number of hydrogen-bond donors (Lipinski definition) is 1. The zero-order valence-electron chi connectivity index (χ0n) is 10.4. The van der Waals surface area contributed by atoms with Crippen molar-refractivity contribution in [2.24, 2.45) is 0 Å². The number of nitrogens with zero attached hydrogens (tertiary/aromatic N) is 3. The molecule has 0 aliphatic carbocycles. The highest BCUT2D eigenvalue weighted by molar-refractivity contribution is 8.00. The van der Waals surface area contributed by atoms with Crippen molar-refractivity contribution < 1.29 is 4.79 Å². The highest BCUT2D eigenvalue weighted by Crippen LogP contribution is 2.27. The summed E-state index contributed by atoms with van der Waals surface area (Å²) in [4.78, 5) is 11.7. The van der Waals surface area contributed by atoms with Crippen LogP contribution in [-0.2, 0) is 4.79 Å².